The average Bonchev–Trinajstić information content (AvgIpc) is 3.05. The first-order valence-electron chi connectivity index (χ1n) is 7.36. The van der Waals surface area contributed by atoms with Gasteiger partial charge in [-0.2, -0.15) is 0 Å². The molecule has 2 aromatic heterocycles. The number of benzene rings is 1. The molecule has 0 aliphatic carbocycles. The molecule has 23 heavy (non-hydrogen) atoms. The molecule has 7 heteroatoms. The molecule has 0 bridgehead atoms. The summed E-state index contributed by atoms with van der Waals surface area (Å²) in [7, 11) is 1.62. The molecule has 0 fully saturated rings. The largest absolute Gasteiger partial charge is 0.496 e. The van der Waals surface area contributed by atoms with E-state index in [9.17, 15) is 4.79 Å². The molecule has 1 N–H and O–H groups in total. The first kappa shape index (κ1) is 15.5. The number of aromatic nitrogens is 3. The van der Waals surface area contributed by atoms with Crippen molar-refractivity contribution in [2.75, 3.05) is 19.0 Å². The molecule has 1 aromatic carbocycles. The number of aryl methyl sites for hydroxylation is 2. The fourth-order valence-corrected chi connectivity index (χ4v) is 3.15. The lowest BCUT2D eigenvalue weighted by Gasteiger charge is -2.08. The topological polar surface area (TPSA) is 69.0 Å². The van der Waals surface area contributed by atoms with Crippen LogP contribution in [0.4, 0.5) is 5.13 Å². The highest BCUT2D eigenvalue weighted by atomic mass is 32.1. The fourth-order valence-electron chi connectivity index (χ4n) is 2.38. The van der Waals surface area contributed by atoms with Crippen LogP contribution >= 0.6 is 11.3 Å². The summed E-state index contributed by atoms with van der Waals surface area (Å²) in [5, 5.41) is 4.50. The summed E-state index contributed by atoms with van der Waals surface area (Å²) in [6.07, 6.45) is 6.41. The van der Waals surface area contributed by atoms with Crippen LogP contribution in [-0.4, -0.2) is 28.2 Å². The molecule has 0 amide bonds. The highest BCUT2D eigenvalue weighted by molar-refractivity contribution is 7.13. The molecule has 3 aromatic rings. The Kier molecular flexibility index (Phi) is 4.57. The van der Waals surface area contributed by atoms with Crippen molar-refractivity contribution in [2.24, 2.45) is 0 Å². The van der Waals surface area contributed by atoms with Crippen LogP contribution in [0.25, 0.3) is 10.9 Å². The zero-order chi connectivity index (χ0) is 16.2. The van der Waals surface area contributed by atoms with Crippen molar-refractivity contribution in [3.05, 3.63) is 46.0 Å². The van der Waals surface area contributed by atoms with E-state index in [0.29, 0.717) is 16.0 Å². The standard InChI is InChI=1S/C16H18N4O2S/c1-11-8-12-13(9-14(11)22-2)19-16(23-15(12)21)18-4-3-6-20-7-5-17-10-20/h5,7-10H,3-4,6H2,1-2H3,(H,18,19). The number of hydrogen-bond donors (Lipinski definition) is 1. The van der Waals surface area contributed by atoms with Gasteiger partial charge in [-0.3, -0.25) is 4.79 Å². The van der Waals surface area contributed by atoms with Gasteiger partial charge in [0.1, 0.15) is 5.75 Å². The van der Waals surface area contributed by atoms with Crippen molar-refractivity contribution in [1.82, 2.24) is 14.5 Å². The van der Waals surface area contributed by atoms with Crippen molar-refractivity contribution < 1.29 is 4.74 Å². The molecule has 0 aliphatic rings. The van der Waals surface area contributed by atoms with Gasteiger partial charge in [0, 0.05) is 31.5 Å². The second-order valence-corrected chi connectivity index (χ2v) is 6.19. The minimum absolute atomic E-state index is 0.0119. The van der Waals surface area contributed by atoms with Crippen molar-refractivity contribution in [3.8, 4) is 5.75 Å². The third kappa shape index (κ3) is 3.50. The summed E-state index contributed by atoms with van der Waals surface area (Å²) in [6, 6.07) is 3.65. The van der Waals surface area contributed by atoms with Crippen LogP contribution in [0.3, 0.4) is 0 Å². The van der Waals surface area contributed by atoms with Gasteiger partial charge in [0.25, 0.3) is 0 Å². The van der Waals surface area contributed by atoms with E-state index < -0.39 is 0 Å². The lowest BCUT2D eigenvalue weighted by atomic mass is 10.1. The van der Waals surface area contributed by atoms with Crippen LogP contribution in [0.1, 0.15) is 12.0 Å². The van der Waals surface area contributed by atoms with Gasteiger partial charge in [-0.1, -0.05) is 11.3 Å². The van der Waals surface area contributed by atoms with Gasteiger partial charge < -0.3 is 14.6 Å². The highest BCUT2D eigenvalue weighted by Crippen LogP contribution is 2.24. The number of rotatable bonds is 6. The Bertz CT molecular complexity index is 858. The summed E-state index contributed by atoms with van der Waals surface area (Å²) in [4.78, 5) is 20.8. The van der Waals surface area contributed by atoms with Gasteiger partial charge in [0.05, 0.1) is 24.3 Å². The van der Waals surface area contributed by atoms with Crippen LogP contribution < -0.4 is 14.8 Å². The first-order chi connectivity index (χ1) is 11.2. The molecular formula is C16H18N4O2S. The van der Waals surface area contributed by atoms with E-state index in [1.54, 1.807) is 19.6 Å². The minimum Gasteiger partial charge on any atom is -0.496 e. The third-order valence-corrected chi connectivity index (χ3v) is 4.41. The minimum atomic E-state index is 0.0119. The van der Waals surface area contributed by atoms with Gasteiger partial charge in [0.15, 0.2) is 5.13 Å². The quantitative estimate of drug-likeness (QED) is 0.704. The predicted molar refractivity (Wildman–Crippen MR) is 92.5 cm³/mol. The highest BCUT2D eigenvalue weighted by Gasteiger charge is 2.08. The Hall–Kier alpha value is -2.41. The third-order valence-electron chi connectivity index (χ3n) is 3.57. The zero-order valence-electron chi connectivity index (χ0n) is 13.1. The second-order valence-electron chi connectivity index (χ2n) is 5.23. The van der Waals surface area contributed by atoms with E-state index in [1.165, 1.54) is 0 Å². The van der Waals surface area contributed by atoms with Crippen LogP contribution in [0, 0.1) is 6.92 Å². The molecule has 0 radical (unpaired) electrons. The van der Waals surface area contributed by atoms with E-state index >= 15 is 0 Å². The molecule has 6 nitrogen and oxygen atoms in total. The second kappa shape index (κ2) is 6.78. The smallest absolute Gasteiger partial charge is 0.245 e. The Morgan fingerprint density at radius 2 is 2.26 bits per heavy atom. The van der Waals surface area contributed by atoms with Crippen molar-refractivity contribution in [3.63, 3.8) is 0 Å². The summed E-state index contributed by atoms with van der Waals surface area (Å²) in [5.41, 5.74) is 1.60. The lowest BCUT2D eigenvalue weighted by molar-refractivity contribution is 0.412. The first-order valence-corrected chi connectivity index (χ1v) is 8.18. The molecular weight excluding hydrogens is 312 g/mol. The molecule has 0 spiro atoms. The number of ether oxygens (including phenoxy) is 1. The van der Waals surface area contributed by atoms with E-state index in [1.807, 2.05) is 29.8 Å². The van der Waals surface area contributed by atoms with E-state index in [2.05, 4.69) is 15.3 Å². The number of nitrogens with one attached hydrogen (secondary N) is 1. The fraction of sp³-hybridized carbons (Fsp3) is 0.312. The maximum absolute atomic E-state index is 12.3. The van der Waals surface area contributed by atoms with Gasteiger partial charge >= 0.3 is 0 Å². The Morgan fingerprint density at radius 1 is 1.39 bits per heavy atom. The molecule has 2 heterocycles. The van der Waals surface area contributed by atoms with E-state index in [-0.39, 0.29) is 4.74 Å². The normalized spacial score (nSPS) is 10.9. The van der Waals surface area contributed by atoms with Gasteiger partial charge in [-0.05, 0) is 25.0 Å². The summed E-state index contributed by atoms with van der Waals surface area (Å²) >= 11 is 1.14. The molecule has 3 rings (SSSR count). The number of nitrogens with zero attached hydrogens (tertiary/aromatic N) is 3. The Balaban J connectivity index is 1.73. The summed E-state index contributed by atoms with van der Waals surface area (Å²) in [6.45, 7) is 3.54. The van der Waals surface area contributed by atoms with Crippen molar-refractivity contribution in [2.45, 2.75) is 19.9 Å². The van der Waals surface area contributed by atoms with Crippen LogP contribution in [0.15, 0.2) is 35.6 Å². The van der Waals surface area contributed by atoms with Crippen LogP contribution in [0.5, 0.6) is 5.75 Å². The average molecular weight is 330 g/mol. The Labute approximate surface area is 137 Å². The van der Waals surface area contributed by atoms with E-state index in [0.717, 1.165) is 42.2 Å². The van der Waals surface area contributed by atoms with Crippen LogP contribution in [0.2, 0.25) is 0 Å². The van der Waals surface area contributed by atoms with Crippen molar-refractivity contribution in [1.29, 1.82) is 0 Å². The van der Waals surface area contributed by atoms with E-state index in [4.69, 9.17) is 4.74 Å². The Morgan fingerprint density at radius 3 is 3.00 bits per heavy atom. The molecule has 0 atom stereocenters. The zero-order valence-corrected chi connectivity index (χ0v) is 13.9. The monoisotopic (exact) mass is 330 g/mol. The summed E-state index contributed by atoms with van der Waals surface area (Å²) in [5.74, 6) is 0.742. The number of methoxy groups -OCH3 is 1. The lowest BCUT2D eigenvalue weighted by Crippen LogP contribution is -2.08. The molecule has 0 saturated carbocycles. The van der Waals surface area contributed by atoms with Crippen molar-refractivity contribution >= 4 is 27.4 Å². The predicted octanol–water partition coefficient (Wildman–Crippen LogP) is 2.67. The van der Waals surface area contributed by atoms with Gasteiger partial charge in [0.2, 0.25) is 4.74 Å². The number of anilines is 1. The number of fused-ring (bicyclic) bond motifs is 1. The molecule has 0 aliphatic heterocycles. The van der Waals surface area contributed by atoms with Gasteiger partial charge in [-0.25, -0.2) is 9.97 Å². The molecule has 120 valence electrons. The maximum Gasteiger partial charge on any atom is 0.245 e. The maximum atomic E-state index is 12.3. The summed E-state index contributed by atoms with van der Waals surface area (Å²) < 4.78 is 7.34. The van der Waals surface area contributed by atoms with Crippen LogP contribution in [-0.2, 0) is 6.54 Å². The van der Waals surface area contributed by atoms with Gasteiger partial charge in [-0.15, -0.1) is 0 Å². The number of imidazole rings is 1. The molecule has 0 saturated heterocycles. The SMILES string of the molecule is COc1cc2nc(NCCCn3ccnc3)sc(=O)c2cc1C. The molecule has 0 unspecified atom stereocenters. The number of hydrogen-bond acceptors (Lipinski definition) is 6.